The predicted octanol–water partition coefficient (Wildman–Crippen LogP) is -0.293. The summed E-state index contributed by atoms with van der Waals surface area (Å²) in [6, 6.07) is 8.80. The second-order valence-corrected chi connectivity index (χ2v) is 7.24. The van der Waals surface area contributed by atoms with Gasteiger partial charge in [-0.3, -0.25) is 4.79 Å². The molecule has 21 heavy (non-hydrogen) atoms. The minimum atomic E-state index is -3.24. The molecule has 6 nitrogen and oxygen atoms in total. The van der Waals surface area contributed by atoms with E-state index in [1.54, 1.807) is 4.90 Å². The molecule has 1 saturated heterocycles. The number of amides is 1. The van der Waals surface area contributed by atoms with E-state index < -0.39 is 16.1 Å². The zero-order chi connectivity index (χ0) is 15.5. The summed E-state index contributed by atoms with van der Waals surface area (Å²) in [5, 5.41) is 0. The Morgan fingerprint density at radius 1 is 1.43 bits per heavy atom. The molecule has 0 radical (unpaired) electrons. The number of sulfonamides is 1. The largest absolute Gasteiger partial charge is 0.340 e. The first kappa shape index (κ1) is 15.9. The Balaban J connectivity index is 1.89. The number of benzene rings is 1. The highest BCUT2D eigenvalue weighted by molar-refractivity contribution is 7.88. The summed E-state index contributed by atoms with van der Waals surface area (Å²) in [7, 11) is -3.24. The third kappa shape index (κ3) is 4.80. The molecule has 2 rings (SSSR count). The zero-order valence-corrected chi connectivity index (χ0v) is 12.8. The van der Waals surface area contributed by atoms with E-state index in [1.807, 2.05) is 30.3 Å². The molecule has 7 heteroatoms. The van der Waals surface area contributed by atoms with E-state index in [9.17, 15) is 13.2 Å². The van der Waals surface area contributed by atoms with Gasteiger partial charge >= 0.3 is 0 Å². The van der Waals surface area contributed by atoms with Gasteiger partial charge in [-0.05, 0) is 18.4 Å². The average molecular weight is 311 g/mol. The number of hydrogen-bond acceptors (Lipinski definition) is 4. The van der Waals surface area contributed by atoms with E-state index >= 15 is 0 Å². The van der Waals surface area contributed by atoms with Crippen molar-refractivity contribution in [3.63, 3.8) is 0 Å². The lowest BCUT2D eigenvalue weighted by atomic mass is 10.1. The highest BCUT2D eigenvalue weighted by Crippen LogP contribution is 2.12. The van der Waals surface area contributed by atoms with Crippen LogP contribution in [0.4, 0.5) is 0 Å². The molecular weight excluding hydrogens is 290 g/mol. The monoisotopic (exact) mass is 311 g/mol. The molecule has 2 atom stereocenters. The molecule has 3 N–H and O–H groups in total. The minimum absolute atomic E-state index is 0.128. The van der Waals surface area contributed by atoms with E-state index in [-0.39, 0.29) is 11.9 Å². The maximum atomic E-state index is 12.3. The first-order chi connectivity index (χ1) is 9.85. The summed E-state index contributed by atoms with van der Waals surface area (Å²) in [5.74, 6) is -0.128. The number of carbonyl (C=O) groups excluding carboxylic acids is 1. The molecule has 1 heterocycles. The number of nitrogens with two attached hydrogens (primary N) is 1. The van der Waals surface area contributed by atoms with Crippen LogP contribution < -0.4 is 10.5 Å². The first-order valence-electron chi connectivity index (χ1n) is 6.91. The maximum absolute atomic E-state index is 12.3. The summed E-state index contributed by atoms with van der Waals surface area (Å²) in [6.45, 7) is 0.920. The van der Waals surface area contributed by atoms with E-state index in [1.165, 1.54) is 0 Å². The Labute approximate surface area is 125 Å². The van der Waals surface area contributed by atoms with Crippen LogP contribution in [0.2, 0.25) is 0 Å². The Bertz CT molecular complexity index is 589. The van der Waals surface area contributed by atoms with Crippen LogP contribution in [-0.2, 0) is 21.2 Å². The normalized spacial score (nSPS) is 20.5. The molecule has 1 amide bonds. The fourth-order valence-corrected chi connectivity index (χ4v) is 3.35. The second kappa shape index (κ2) is 6.55. The average Bonchev–Trinajstić information content (AvgIpc) is 2.85. The number of nitrogens with zero attached hydrogens (tertiary/aromatic N) is 1. The van der Waals surface area contributed by atoms with Crippen LogP contribution >= 0.6 is 0 Å². The molecule has 0 saturated carbocycles. The number of hydrogen-bond donors (Lipinski definition) is 2. The molecule has 116 valence electrons. The third-order valence-electron chi connectivity index (χ3n) is 3.50. The molecule has 1 aromatic rings. The quantitative estimate of drug-likeness (QED) is 0.781. The maximum Gasteiger partial charge on any atom is 0.239 e. The Kier molecular flexibility index (Phi) is 4.97. The molecular formula is C14H21N3O3S. The van der Waals surface area contributed by atoms with Crippen LogP contribution in [-0.4, -0.2) is 50.7 Å². The Hall–Kier alpha value is -1.44. The summed E-state index contributed by atoms with van der Waals surface area (Å²) < 4.78 is 24.9. The molecule has 0 unspecified atom stereocenters. The fourth-order valence-electron chi connectivity index (χ4n) is 2.55. The van der Waals surface area contributed by atoms with Crippen molar-refractivity contribution in [3.05, 3.63) is 35.9 Å². The lowest BCUT2D eigenvalue weighted by Gasteiger charge is -2.21. The van der Waals surface area contributed by atoms with Gasteiger partial charge in [0.25, 0.3) is 0 Å². The van der Waals surface area contributed by atoms with Crippen LogP contribution in [0.3, 0.4) is 0 Å². The van der Waals surface area contributed by atoms with Gasteiger partial charge in [0.05, 0.1) is 12.3 Å². The molecule has 1 aliphatic heterocycles. The smallest absolute Gasteiger partial charge is 0.239 e. The van der Waals surface area contributed by atoms with E-state index in [2.05, 4.69) is 4.72 Å². The fraction of sp³-hybridized carbons (Fsp3) is 0.500. The van der Waals surface area contributed by atoms with E-state index in [0.29, 0.717) is 25.9 Å². The first-order valence-corrected chi connectivity index (χ1v) is 8.80. The van der Waals surface area contributed by atoms with Crippen LogP contribution in [0.1, 0.15) is 12.0 Å². The summed E-state index contributed by atoms with van der Waals surface area (Å²) in [4.78, 5) is 13.9. The van der Waals surface area contributed by atoms with Gasteiger partial charge in [0.2, 0.25) is 15.9 Å². The lowest BCUT2D eigenvalue weighted by Crippen LogP contribution is -2.45. The van der Waals surface area contributed by atoms with Gasteiger partial charge in [0.15, 0.2) is 0 Å². The SMILES string of the molecule is CS(=O)(=O)N[C@@H]1CCN(C(=O)[C@H](N)Cc2ccccc2)C1. The molecule has 0 bridgehead atoms. The summed E-state index contributed by atoms with van der Waals surface area (Å²) >= 11 is 0. The van der Waals surface area contributed by atoms with Crippen molar-refractivity contribution < 1.29 is 13.2 Å². The van der Waals surface area contributed by atoms with Gasteiger partial charge in [-0.2, -0.15) is 0 Å². The topological polar surface area (TPSA) is 92.5 Å². The number of carbonyl (C=O) groups is 1. The van der Waals surface area contributed by atoms with Crippen LogP contribution in [0.5, 0.6) is 0 Å². The van der Waals surface area contributed by atoms with Gasteiger partial charge < -0.3 is 10.6 Å². The minimum Gasteiger partial charge on any atom is -0.340 e. The zero-order valence-electron chi connectivity index (χ0n) is 12.0. The summed E-state index contributed by atoms with van der Waals surface area (Å²) in [5.41, 5.74) is 6.99. The number of rotatable bonds is 5. The summed E-state index contributed by atoms with van der Waals surface area (Å²) in [6.07, 6.45) is 2.23. The van der Waals surface area contributed by atoms with E-state index in [0.717, 1.165) is 11.8 Å². The molecule has 0 aromatic heterocycles. The van der Waals surface area contributed by atoms with Crippen LogP contribution in [0.15, 0.2) is 30.3 Å². The van der Waals surface area contributed by atoms with Crippen LogP contribution in [0, 0.1) is 0 Å². The van der Waals surface area contributed by atoms with Gasteiger partial charge in [-0.25, -0.2) is 13.1 Å². The van der Waals surface area contributed by atoms with Crippen molar-refractivity contribution >= 4 is 15.9 Å². The third-order valence-corrected chi connectivity index (χ3v) is 4.26. The van der Waals surface area contributed by atoms with Crippen molar-refractivity contribution in [1.29, 1.82) is 0 Å². The van der Waals surface area contributed by atoms with Gasteiger partial charge in [0.1, 0.15) is 0 Å². The second-order valence-electron chi connectivity index (χ2n) is 5.46. The Morgan fingerprint density at radius 2 is 2.10 bits per heavy atom. The highest BCUT2D eigenvalue weighted by atomic mass is 32.2. The standard InChI is InChI=1S/C14H21N3O3S/c1-21(19,20)16-12-7-8-17(10-12)14(18)13(15)9-11-5-3-2-4-6-11/h2-6,12-13,16H,7-10,15H2,1H3/t12-,13-/m1/s1. The lowest BCUT2D eigenvalue weighted by molar-refractivity contribution is -0.131. The van der Waals surface area contributed by atoms with Crippen molar-refractivity contribution in [2.24, 2.45) is 5.73 Å². The Morgan fingerprint density at radius 3 is 2.71 bits per heavy atom. The molecule has 1 aromatic carbocycles. The number of nitrogens with one attached hydrogen (secondary N) is 1. The molecule has 0 spiro atoms. The number of likely N-dealkylation sites (tertiary alicyclic amines) is 1. The molecule has 1 fully saturated rings. The van der Waals surface area contributed by atoms with Crippen molar-refractivity contribution in [1.82, 2.24) is 9.62 Å². The van der Waals surface area contributed by atoms with Crippen molar-refractivity contribution in [2.75, 3.05) is 19.3 Å². The highest BCUT2D eigenvalue weighted by Gasteiger charge is 2.30. The predicted molar refractivity (Wildman–Crippen MR) is 81.1 cm³/mol. The van der Waals surface area contributed by atoms with Gasteiger partial charge in [-0.1, -0.05) is 30.3 Å². The molecule has 0 aliphatic carbocycles. The van der Waals surface area contributed by atoms with E-state index in [4.69, 9.17) is 5.73 Å². The van der Waals surface area contributed by atoms with Crippen LogP contribution in [0.25, 0.3) is 0 Å². The van der Waals surface area contributed by atoms with Gasteiger partial charge in [-0.15, -0.1) is 0 Å². The molecule has 1 aliphatic rings. The van der Waals surface area contributed by atoms with Crippen molar-refractivity contribution in [2.45, 2.75) is 24.9 Å². The van der Waals surface area contributed by atoms with Gasteiger partial charge in [0, 0.05) is 19.1 Å². The van der Waals surface area contributed by atoms with Crippen molar-refractivity contribution in [3.8, 4) is 0 Å².